The molecule has 110 valence electrons. The van der Waals surface area contributed by atoms with Crippen molar-refractivity contribution in [3.8, 4) is 0 Å². The van der Waals surface area contributed by atoms with Gasteiger partial charge in [-0.25, -0.2) is 0 Å². The number of aliphatic hydroxyl groups excluding tert-OH is 1. The smallest absolute Gasteiger partial charge is 0.237 e. The maximum Gasteiger partial charge on any atom is 0.237 e. The van der Waals surface area contributed by atoms with Gasteiger partial charge in [0.05, 0.1) is 12.1 Å². The fourth-order valence-corrected chi connectivity index (χ4v) is 2.95. The van der Waals surface area contributed by atoms with E-state index in [4.69, 9.17) is 0 Å². The molecule has 0 radical (unpaired) electrons. The van der Waals surface area contributed by atoms with Crippen molar-refractivity contribution in [2.45, 2.75) is 43.4 Å². The van der Waals surface area contributed by atoms with E-state index in [2.05, 4.69) is 34.9 Å². The summed E-state index contributed by atoms with van der Waals surface area (Å²) in [6.45, 7) is 0.523. The molecular formula is C15H21ClN2O2. The SMILES string of the molecule is Cl.O=C(NC1CC(c2ccccc2)C1)C1CC(O)CN1. The molecule has 1 aromatic carbocycles. The summed E-state index contributed by atoms with van der Waals surface area (Å²) in [5.41, 5.74) is 1.36. The van der Waals surface area contributed by atoms with E-state index in [1.165, 1.54) is 5.56 Å². The Hall–Kier alpha value is -1.10. The van der Waals surface area contributed by atoms with Crippen molar-refractivity contribution < 1.29 is 9.90 Å². The van der Waals surface area contributed by atoms with Crippen LogP contribution in [0.1, 0.15) is 30.7 Å². The molecule has 1 saturated heterocycles. The zero-order valence-electron chi connectivity index (χ0n) is 11.3. The first-order valence-corrected chi connectivity index (χ1v) is 6.99. The third kappa shape index (κ3) is 3.32. The lowest BCUT2D eigenvalue weighted by Crippen LogP contribution is -2.49. The monoisotopic (exact) mass is 296 g/mol. The number of hydrogen-bond donors (Lipinski definition) is 3. The van der Waals surface area contributed by atoms with Crippen LogP contribution < -0.4 is 10.6 Å². The standard InChI is InChI=1S/C15H20N2O2.ClH/c18-13-8-14(16-9-13)15(19)17-12-6-11(7-12)10-4-2-1-3-5-10;/h1-5,11-14,16,18H,6-9H2,(H,17,19);1H. The number of halogens is 1. The van der Waals surface area contributed by atoms with Gasteiger partial charge in [-0.3, -0.25) is 4.79 Å². The van der Waals surface area contributed by atoms with Gasteiger partial charge in [-0.2, -0.15) is 0 Å². The highest BCUT2D eigenvalue weighted by Crippen LogP contribution is 2.36. The van der Waals surface area contributed by atoms with Gasteiger partial charge in [0.25, 0.3) is 0 Å². The highest BCUT2D eigenvalue weighted by molar-refractivity contribution is 5.85. The van der Waals surface area contributed by atoms with Crippen molar-refractivity contribution in [1.82, 2.24) is 10.6 Å². The number of carbonyl (C=O) groups excluding carboxylic acids is 1. The quantitative estimate of drug-likeness (QED) is 0.785. The summed E-state index contributed by atoms with van der Waals surface area (Å²) in [4.78, 5) is 12.0. The molecule has 5 heteroatoms. The Morgan fingerprint density at radius 2 is 1.90 bits per heavy atom. The van der Waals surface area contributed by atoms with Crippen LogP contribution in [0, 0.1) is 0 Å². The van der Waals surface area contributed by atoms with Gasteiger partial charge < -0.3 is 15.7 Å². The minimum Gasteiger partial charge on any atom is -0.392 e. The molecule has 0 aromatic heterocycles. The van der Waals surface area contributed by atoms with E-state index >= 15 is 0 Å². The molecule has 1 amide bonds. The molecule has 4 nitrogen and oxygen atoms in total. The third-order valence-corrected chi connectivity index (χ3v) is 4.18. The molecule has 0 bridgehead atoms. The lowest BCUT2D eigenvalue weighted by atomic mass is 9.76. The first-order chi connectivity index (χ1) is 9.22. The number of β-amino-alcohol motifs (C(OH)–C–C–N with tert-alkyl or cyclic N) is 1. The minimum absolute atomic E-state index is 0. The van der Waals surface area contributed by atoms with E-state index < -0.39 is 0 Å². The zero-order valence-corrected chi connectivity index (χ0v) is 12.1. The first-order valence-electron chi connectivity index (χ1n) is 6.99. The van der Waals surface area contributed by atoms with Crippen molar-refractivity contribution in [3.63, 3.8) is 0 Å². The third-order valence-electron chi connectivity index (χ3n) is 4.18. The van der Waals surface area contributed by atoms with Crippen LogP contribution >= 0.6 is 12.4 Å². The molecule has 1 aliphatic carbocycles. The second-order valence-electron chi connectivity index (χ2n) is 5.63. The Bertz CT molecular complexity index is 448. The van der Waals surface area contributed by atoms with Crippen LogP contribution in [-0.2, 0) is 4.79 Å². The molecule has 3 N–H and O–H groups in total. The number of aliphatic hydroxyl groups is 1. The summed E-state index contributed by atoms with van der Waals surface area (Å²) >= 11 is 0. The minimum atomic E-state index is -0.380. The summed E-state index contributed by atoms with van der Waals surface area (Å²) in [6, 6.07) is 10.5. The highest BCUT2D eigenvalue weighted by Gasteiger charge is 2.34. The first kappa shape index (κ1) is 15.3. The van der Waals surface area contributed by atoms with Gasteiger partial charge in [0.15, 0.2) is 0 Å². The molecule has 20 heavy (non-hydrogen) atoms. The molecule has 1 aliphatic heterocycles. The number of hydrogen-bond acceptors (Lipinski definition) is 3. The molecule has 1 aromatic rings. The number of nitrogens with one attached hydrogen (secondary N) is 2. The van der Waals surface area contributed by atoms with Crippen LogP contribution in [0.2, 0.25) is 0 Å². The van der Waals surface area contributed by atoms with E-state index in [-0.39, 0.29) is 36.5 Å². The van der Waals surface area contributed by atoms with Crippen LogP contribution in [0.3, 0.4) is 0 Å². The van der Waals surface area contributed by atoms with Gasteiger partial charge in [-0.15, -0.1) is 12.4 Å². The second kappa shape index (κ2) is 6.57. The van der Waals surface area contributed by atoms with Crippen molar-refractivity contribution in [3.05, 3.63) is 35.9 Å². The van der Waals surface area contributed by atoms with Gasteiger partial charge in [0.2, 0.25) is 5.91 Å². The van der Waals surface area contributed by atoms with E-state index in [0.29, 0.717) is 18.9 Å². The molecule has 3 rings (SSSR count). The lowest BCUT2D eigenvalue weighted by Gasteiger charge is -2.36. The summed E-state index contributed by atoms with van der Waals surface area (Å²) < 4.78 is 0. The average Bonchev–Trinajstić information content (AvgIpc) is 2.81. The topological polar surface area (TPSA) is 61.4 Å². The molecule has 0 spiro atoms. The van der Waals surface area contributed by atoms with Crippen LogP contribution in [0.25, 0.3) is 0 Å². The summed E-state index contributed by atoms with van der Waals surface area (Å²) in [5, 5.41) is 15.5. The maximum absolute atomic E-state index is 12.0. The van der Waals surface area contributed by atoms with Gasteiger partial charge >= 0.3 is 0 Å². The Morgan fingerprint density at radius 1 is 1.20 bits per heavy atom. The number of rotatable bonds is 3. The average molecular weight is 297 g/mol. The predicted octanol–water partition coefficient (Wildman–Crippen LogP) is 1.19. The molecule has 1 saturated carbocycles. The van der Waals surface area contributed by atoms with Crippen molar-refractivity contribution in [1.29, 1.82) is 0 Å². The van der Waals surface area contributed by atoms with Crippen molar-refractivity contribution in [2.24, 2.45) is 0 Å². The molecule has 2 unspecified atom stereocenters. The predicted molar refractivity (Wildman–Crippen MR) is 80.0 cm³/mol. The zero-order chi connectivity index (χ0) is 13.2. The van der Waals surface area contributed by atoms with Gasteiger partial charge in [-0.05, 0) is 30.7 Å². The normalized spacial score (nSPS) is 32.0. The fraction of sp³-hybridized carbons (Fsp3) is 0.533. The fourth-order valence-electron chi connectivity index (χ4n) is 2.95. The Kier molecular flexibility index (Phi) is 5.02. The summed E-state index contributed by atoms with van der Waals surface area (Å²) in [7, 11) is 0. The van der Waals surface area contributed by atoms with Gasteiger partial charge in [-0.1, -0.05) is 30.3 Å². The number of amides is 1. The van der Waals surface area contributed by atoms with Gasteiger partial charge in [0, 0.05) is 12.6 Å². The van der Waals surface area contributed by atoms with Crippen molar-refractivity contribution >= 4 is 18.3 Å². The highest BCUT2D eigenvalue weighted by atomic mass is 35.5. The van der Waals surface area contributed by atoms with Crippen LogP contribution in [0.5, 0.6) is 0 Å². The number of benzene rings is 1. The molecule has 2 fully saturated rings. The van der Waals surface area contributed by atoms with Crippen LogP contribution in [0.4, 0.5) is 0 Å². The largest absolute Gasteiger partial charge is 0.392 e. The van der Waals surface area contributed by atoms with E-state index in [1.54, 1.807) is 0 Å². The van der Waals surface area contributed by atoms with Crippen molar-refractivity contribution in [2.75, 3.05) is 6.54 Å². The van der Waals surface area contributed by atoms with E-state index in [9.17, 15) is 9.90 Å². The van der Waals surface area contributed by atoms with E-state index in [0.717, 1.165) is 12.8 Å². The second-order valence-corrected chi connectivity index (χ2v) is 5.63. The molecule has 2 atom stereocenters. The van der Waals surface area contributed by atoms with Crippen LogP contribution in [-0.4, -0.2) is 35.7 Å². The van der Waals surface area contributed by atoms with Crippen LogP contribution in [0.15, 0.2) is 30.3 Å². The Balaban J connectivity index is 0.00000147. The molecule has 1 heterocycles. The maximum atomic E-state index is 12.0. The summed E-state index contributed by atoms with van der Waals surface area (Å²) in [5.74, 6) is 0.613. The Morgan fingerprint density at radius 3 is 2.50 bits per heavy atom. The number of carbonyl (C=O) groups is 1. The lowest BCUT2D eigenvalue weighted by molar-refractivity contribution is -0.124. The summed E-state index contributed by atoms with van der Waals surface area (Å²) in [6.07, 6.45) is 2.19. The van der Waals surface area contributed by atoms with Gasteiger partial charge in [0.1, 0.15) is 0 Å². The molecule has 2 aliphatic rings. The molecular weight excluding hydrogens is 276 g/mol. The Labute approximate surface area is 125 Å². The van der Waals surface area contributed by atoms with E-state index in [1.807, 2.05) is 6.07 Å².